The first kappa shape index (κ1) is 15.2. The highest BCUT2D eigenvalue weighted by molar-refractivity contribution is 5.90. The third-order valence-electron chi connectivity index (χ3n) is 3.12. The van der Waals surface area contributed by atoms with Gasteiger partial charge in [-0.1, -0.05) is 32.9 Å². The van der Waals surface area contributed by atoms with Gasteiger partial charge in [0, 0.05) is 5.41 Å². The summed E-state index contributed by atoms with van der Waals surface area (Å²) in [6, 6.07) is 5.75. The van der Waals surface area contributed by atoms with Gasteiger partial charge in [0.2, 0.25) is 5.82 Å². The van der Waals surface area contributed by atoms with E-state index in [0.717, 1.165) is 5.56 Å². The summed E-state index contributed by atoms with van der Waals surface area (Å²) < 4.78 is 12.9. The second-order valence-electron chi connectivity index (χ2n) is 6.00. The van der Waals surface area contributed by atoms with Crippen LogP contribution in [0, 0.1) is 5.82 Å². The Morgan fingerprint density at radius 3 is 2.43 bits per heavy atom. The molecule has 0 saturated carbocycles. The fourth-order valence-corrected chi connectivity index (χ4v) is 1.79. The summed E-state index contributed by atoms with van der Waals surface area (Å²) in [5.74, 6) is 0.0932. The molecule has 0 radical (unpaired) electrons. The number of aromatic amines is 1. The van der Waals surface area contributed by atoms with E-state index in [-0.39, 0.29) is 29.0 Å². The van der Waals surface area contributed by atoms with Crippen LogP contribution in [0.1, 0.15) is 55.7 Å². The van der Waals surface area contributed by atoms with Gasteiger partial charge < -0.3 is 5.32 Å². The zero-order valence-electron chi connectivity index (χ0n) is 12.6. The van der Waals surface area contributed by atoms with E-state index < -0.39 is 0 Å². The smallest absolute Gasteiger partial charge is 0.291 e. The number of amides is 1. The maximum atomic E-state index is 12.9. The third-order valence-corrected chi connectivity index (χ3v) is 3.12. The minimum absolute atomic E-state index is 0.105. The van der Waals surface area contributed by atoms with Gasteiger partial charge in [0.25, 0.3) is 5.91 Å². The Labute approximate surface area is 123 Å². The van der Waals surface area contributed by atoms with E-state index in [1.807, 2.05) is 27.7 Å². The molecule has 1 amide bonds. The Kier molecular flexibility index (Phi) is 4.06. The maximum absolute atomic E-state index is 12.9. The molecule has 2 aromatic rings. The molecular weight excluding hydrogens is 271 g/mol. The number of aromatic nitrogens is 3. The average Bonchev–Trinajstić information content (AvgIpc) is 2.88. The Bertz CT molecular complexity index is 628. The molecule has 1 aromatic carbocycles. The summed E-state index contributed by atoms with van der Waals surface area (Å²) in [5, 5.41) is 9.50. The van der Waals surface area contributed by atoms with Crippen molar-refractivity contribution in [3.63, 3.8) is 0 Å². The maximum Gasteiger partial charge on any atom is 0.291 e. The molecule has 6 heteroatoms. The molecule has 0 aliphatic rings. The molecule has 21 heavy (non-hydrogen) atoms. The van der Waals surface area contributed by atoms with Gasteiger partial charge >= 0.3 is 0 Å². The average molecular weight is 290 g/mol. The van der Waals surface area contributed by atoms with Gasteiger partial charge in [-0.15, -0.1) is 5.10 Å². The van der Waals surface area contributed by atoms with Gasteiger partial charge in [-0.2, -0.15) is 0 Å². The monoisotopic (exact) mass is 290 g/mol. The zero-order valence-corrected chi connectivity index (χ0v) is 12.6. The molecule has 0 saturated heterocycles. The zero-order chi connectivity index (χ0) is 15.6. The van der Waals surface area contributed by atoms with E-state index in [9.17, 15) is 9.18 Å². The fraction of sp³-hybridized carbons (Fsp3) is 0.400. The number of rotatable bonds is 3. The summed E-state index contributed by atoms with van der Waals surface area (Å²) in [6.07, 6.45) is 0. The first-order valence-corrected chi connectivity index (χ1v) is 6.76. The highest BCUT2D eigenvalue weighted by atomic mass is 19.1. The highest BCUT2D eigenvalue weighted by Gasteiger charge is 2.22. The lowest BCUT2D eigenvalue weighted by atomic mass is 9.96. The van der Waals surface area contributed by atoms with E-state index >= 15 is 0 Å². The normalized spacial score (nSPS) is 13.0. The van der Waals surface area contributed by atoms with Gasteiger partial charge in [-0.3, -0.25) is 9.89 Å². The van der Waals surface area contributed by atoms with Crippen LogP contribution in [0.4, 0.5) is 4.39 Å². The first-order chi connectivity index (χ1) is 9.77. The van der Waals surface area contributed by atoms with Crippen molar-refractivity contribution < 1.29 is 9.18 Å². The molecular formula is C15H19FN4O. The van der Waals surface area contributed by atoms with Gasteiger partial charge in [0.05, 0.1) is 6.04 Å². The molecule has 2 N–H and O–H groups in total. The molecule has 5 nitrogen and oxygen atoms in total. The van der Waals surface area contributed by atoms with Crippen molar-refractivity contribution in [2.45, 2.75) is 39.2 Å². The molecule has 0 fully saturated rings. The SMILES string of the molecule is CC(NC(=O)c1n[nH]c(C(C)(C)C)n1)c1ccc(F)cc1. The molecule has 0 aliphatic heterocycles. The van der Waals surface area contributed by atoms with Crippen LogP contribution >= 0.6 is 0 Å². The molecule has 0 bridgehead atoms. The van der Waals surface area contributed by atoms with Crippen LogP contribution in [-0.2, 0) is 5.41 Å². The molecule has 0 aliphatic carbocycles. The number of carbonyl (C=O) groups excluding carboxylic acids is 1. The number of hydrogen-bond donors (Lipinski definition) is 2. The van der Waals surface area contributed by atoms with Gasteiger partial charge in [0.1, 0.15) is 11.6 Å². The number of hydrogen-bond acceptors (Lipinski definition) is 3. The van der Waals surface area contributed by atoms with Crippen molar-refractivity contribution in [1.82, 2.24) is 20.5 Å². The van der Waals surface area contributed by atoms with Crippen molar-refractivity contribution in [3.8, 4) is 0 Å². The molecule has 1 atom stereocenters. The summed E-state index contributed by atoms with van der Waals surface area (Å²) in [4.78, 5) is 16.3. The lowest BCUT2D eigenvalue weighted by Gasteiger charge is -2.14. The second-order valence-corrected chi connectivity index (χ2v) is 6.00. The lowest BCUT2D eigenvalue weighted by molar-refractivity contribution is 0.0929. The summed E-state index contributed by atoms with van der Waals surface area (Å²) >= 11 is 0. The first-order valence-electron chi connectivity index (χ1n) is 6.76. The van der Waals surface area contributed by atoms with Crippen LogP contribution in [0.5, 0.6) is 0 Å². The number of nitrogens with one attached hydrogen (secondary N) is 2. The largest absolute Gasteiger partial charge is 0.343 e. The van der Waals surface area contributed by atoms with Crippen LogP contribution in [0.15, 0.2) is 24.3 Å². The Morgan fingerprint density at radius 2 is 1.90 bits per heavy atom. The number of benzene rings is 1. The number of halogens is 1. The van der Waals surface area contributed by atoms with Crippen LogP contribution in [0.3, 0.4) is 0 Å². The minimum Gasteiger partial charge on any atom is -0.343 e. The van der Waals surface area contributed by atoms with Crippen molar-refractivity contribution in [2.24, 2.45) is 0 Å². The van der Waals surface area contributed by atoms with Crippen molar-refractivity contribution >= 4 is 5.91 Å². The predicted molar refractivity (Wildman–Crippen MR) is 77.4 cm³/mol. The van der Waals surface area contributed by atoms with E-state index in [1.54, 1.807) is 12.1 Å². The van der Waals surface area contributed by atoms with Crippen molar-refractivity contribution in [3.05, 3.63) is 47.3 Å². The van der Waals surface area contributed by atoms with Gasteiger partial charge in [0.15, 0.2) is 0 Å². The number of nitrogens with zero attached hydrogens (tertiary/aromatic N) is 2. The Balaban J connectivity index is 2.07. The van der Waals surface area contributed by atoms with Crippen LogP contribution in [0.2, 0.25) is 0 Å². The molecule has 1 aromatic heterocycles. The van der Waals surface area contributed by atoms with E-state index in [4.69, 9.17) is 0 Å². The van der Waals surface area contributed by atoms with E-state index in [2.05, 4.69) is 20.5 Å². The highest BCUT2D eigenvalue weighted by Crippen LogP contribution is 2.18. The summed E-state index contributed by atoms with van der Waals surface area (Å²) in [7, 11) is 0. The Hall–Kier alpha value is -2.24. The fourth-order valence-electron chi connectivity index (χ4n) is 1.79. The van der Waals surface area contributed by atoms with Crippen LogP contribution in [-0.4, -0.2) is 21.1 Å². The summed E-state index contributed by atoms with van der Waals surface area (Å²) in [6.45, 7) is 7.77. The van der Waals surface area contributed by atoms with Crippen LogP contribution in [0.25, 0.3) is 0 Å². The standard InChI is InChI=1S/C15H19FN4O/c1-9(10-5-7-11(16)8-6-10)17-13(21)12-18-14(20-19-12)15(2,3)4/h5-9H,1-4H3,(H,17,21)(H,18,19,20). The Morgan fingerprint density at radius 1 is 1.29 bits per heavy atom. The number of H-pyrrole nitrogens is 1. The molecule has 112 valence electrons. The van der Waals surface area contributed by atoms with E-state index in [0.29, 0.717) is 5.82 Å². The quantitative estimate of drug-likeness (QED) is 0.913. The van der Waals surface area contributed by atoms with Crippen molar-refractivity contribution in [2.75, 3.05) is 0 Å². The number of carbonyl (C=O) groups is 1. The summed E-state index contributed by atoms with van der Waals surface area (Å²) in [5.41, 5.74) is 0.616. The second kappa shape index (κ2) is 5.63. The van der Waals surface area contributed by atoms with E-state index in [1.165, 1.54) is 12.1 Å². The van der Waals surface area contributed by atoms with Gasteiger partial charge in [-0.05, 0) is 24.6 Å². The topological polar surface area (TPSA) is 70.7 Å². The minimum atomic E-state index is -0.362. The van der Waals surface area contributed by atoms with Gasteiger partial charge in [-0.25, -0.2) is 9.37 Å². The molecule has 2 rings (SSSR count). The molecule has 1 heterocycles. The van der Waals surface area contributed by atoms with Crippen molar-refractivity contribution in [1.29, 1.82) is 0 Å². The predicted octanol–water partition coefficient (Wildman–Crippen LogP) is 2.73. The molecule has 1 unspecified atom stereocenters. The third kappa shape index (κ3) is 3.65. The van der Waals surface area contributed by atoms with Crippen LogP contribution < -0.4 is 5.32 Å². The molecule has 0 spiro atoms. The lowest BCUT2D eigenvalue weighted by Crippen LogP contribution is -2.27.